The molecule has 146 valence electrons. The first-order chi connectivity index (χ1) is 13.4. The summed E-state index contributed by atoms with van der Waals surface area (Å²) in [7, 11) is -3.26. The Labute approximate surface area is 169 Å². The highest BCUT2D eigenvalue weighted by Gasteiger charge is 2.50. The minimum Gasteiger partial charge on any atom is -0.297 e. The first-order valence-electron chi connectivity index (χ1n) is 9.59. The average molecular weight is 414 g/mol. The second kappa shape index (κ2) is 6.54. The molecule has 0 amide bonds. The summed E-state index contributed by atoms with van der Waals surface area (Å²) in [6, 6.07) is 8.26. The van der Waals surface area contributed by atoms with Gasteiger partial charge in [-0.25, -0.2) is 8.42 Å². The Morgan fingerprint density at radius 2 is 2.07 bits per heavy atom. The predicted octanol–water partition coefficient (Wildman–Crippen LogP) is 3.95. The quantitative estimate of drug-likeness (QED) is 0.650. The van der Waals surface area contributed by atoms with Crippen LogP contribution in [0, 0.1) is 0 Å². The number of hydrogen-bond acceptors (Lipinski definition) is 5. The molecular weight excluding hydrogens is 390 g/mol. The van der Waals surface area contributed by atoms with Crippen molar-refractivity contribution in [3.8, 4) is 11.1 Å². The monoisotopic (exact) mass is 413 g/mol. The van der Waals surface area contributed by atoms with Crippen LogP contribution in [-0.4, -0.2) is 41.4 Å². The topological polar surface area (TPSA) is 55.2 Å². The summed E-state index contributed by atoms with van der Waals surface area (Å²) in [6.07, 6.45) is 3.96. The van der Waals surface area contributed by atoms with E-state index >= 15 is 0 Å². The molecule has 1 fully saturated rings. The molecular formula is C21H23N3O2S2. The van der Waals surface area contributed by atoms with Gasteiger partial charge in [-0.05, 0) is 59.5 Å². The number of sulfone groups is 1. The SMILES string of the molecule is CC(C)n1cc(CN2CC3c4cc(-c5ccsc5)ccc4S(=O)(=O)C3C2)cn1. The molecule has 0 radical (unpaired) electrons. The van der Waals surface area contributed by atoms with E-state index < -0.39 is 9.84 Å². The molecule has 2 unspecified atom stereocenters. The van der Waals surface area contributed by atoms with Gasteiger partial charge in [-0.3, -0.25) is 9.58 Å². The van der Waals surface area contributed by atoms with Gasteiger partial charge in [0.05, 0.1) is 16.3 Å². The number of nitrogens with zero attached hydrogens (tertiary/aromatic N) is 3. The fourth-order valence-electron chi connectivity index (χ4n) is 4.46. The maximum absolute atomic E-state index is 13.1. The zero-order chi connectivity index (χ0) is 19.5. The van der Waals surface area contributed by atoms with E-state index in [0.29, 0.717) is 17.5 Å². The van der Waals surface area contributed by atoms with Gasteiger partial charge in [0.1, 0.15) is 0 Å². The van der Waals surface area contributed by atoms with Crippen molar-refractivity contribution in [1.29, 1.82) is 0 Å². The summed E-state index contributed by atoms with van der Waals surface area (Å²) in [5, 5.41) is 8.23. The fraction of sp³-hybridized carbons (Fsp3) is 0.381. The van der Waals surface area contributed by atoms with Crippen molar-refractivity contribution in [3.05, 3.63) is 58.5 Å². The molecule has 1 saturated heterocycles. The predicted molar refractivity (Wildman–Crippen MR) is 111 cm³/mol. The summed E-state index contributed by atoms with van der Waals surface area (Å²) in [5.41, 5.74) is 4.39. The normalized spacial score (nSPS) is 23.2. The van der Waals surface area contributed by atoms with E-state index in [1.54, 1.807) is 11.3 Å². The minimum absolute atomic E-state index is 0.0544. The molecule has 2 aromatic heterocycles. The molecule has 28 heavy (non-hydrogen) atoms. The van der Waals surface area contributed by atoms with Gasteiger partial charge < -0.3 is 0 Å². The van der Waals surface area contributed by atoms with Crippen molar-refractivity contribution in [2.45, 2.75) is 42.5 Å². The van der Waals surface area contributed by atoms with Gasteiger partial charge in [0.2, 0.25) is 0 Å². The summed E-state index contributed by atoms with van der Waals surface area (Å²) in [5.74, 6) is 0.0544. The second-order valence-electron chi connectivity index (χ2n) is 8.07. The van der Waals surface area contributed by atoms with Crippen molar-refractivity contribution in [2.24, 2.45) is 0 Å². The number of hydrogen-bond donors (Lipinski definition) is 0. The molecule has 5 rings (SSSR count). The lowest BCUT2D eigenvalue weighted by atomic mass is 9.95. The Balaban J connectivity index is 1.43. The van der Waals surface area contributed by atoms with Crippen molar-refractivity contribution < 1.29 is 8.42 Å². The zero-order valence-electron chi connectivity index (χ0n) is 15.9. The number of thiophene rings is 1. The van der Waals surface area contributed by atoms with Gasteiger partial charge in [-0.15, -0.1) is 0 Å². The number of aromatic nitrogens is 2. The molecule has 2 aliphatic heterocycles. The van der Waals surface area contributed by atoms with E-state index in [4.69, 9.17) is 0 Å². The van der Waals surface area contributed by atoms with Crippen LogP contribution in [-0.2, 0) is 16.4 Å². The van der Waals surface area contributed by atoms with Crippen molar-refractivity contribution in [1.82, 2.24) is 14.7 Å². The molecule has 3 aromatic rings. The summed E-state index contributed by atoms with van der Waals surface area (Å²) in [4.78, 5) is 2.79. The van der Waals surface area contributed by atoms with E-state index in [0.717, 1.165) is 35.3 Å². The molecule has 2 atom stereocenters. The number of rotatable bonds is 4. The Morgan fingerprint density at radius 1 is 1.21 bits per heavy atom. The van der Waals surface area contributed by atoms with E-state index in [2.05, 4.69) is 52.9 Å². The van der Waals surface area contributed by atoms with Gasteiger partial charge in [-0.1, -0.05) is 6.07 Å². The molecule has 5 nitrogen and oxygen atoms in total. The third kappa shape index (κ3) is 2.84. The van der Waals surface area contributed by atoms with E-state index in [1.165, 1.54) is 0 Å². The zero-order valence-corrected chi connectivity index (χ0v) is 17.6. The molecule has 7 heteroatoms. The highest BCUT2D eigenvalue weighted by Crippen LogP contribution is 2.46. The Kier molecular flexibility index (Phi) is 4.23. The van der Waals surface area contributed by atoms with Crippen LogP contribution in [0.2, 0.25) is 0 Å². The summed E-state index contributed by atoms with van der Waals surface area (Å²) in [6.45, 7) is 6.31. The number of fused-ring (bicyclic) bond motifs is 3. The third-order valence-electron chi connectivity index (χ3n) is 5.90. The van der Waals surface area contributed by atoms with Gasteiger partial charge in [0, 0.05) is 43.4 Å². The first kappa shape index (κ1) is 18.1. The van der Waals surface area contributed by atoms with Gasteiger partial charge in [-0.2, -0.15) is 16.4 Å². The van der Waals surface area contributed by atoms with Gasteiger partial charge in [0.25, 0.3) is 0 Å². The highest BCUT2D eigenvalue weighted by molar-refractivity contribution is 7.92. The van der Waals surface area contributed by atoms with E-state index in [-0.39, 0.29) is 11.2 Å². The fourth-order valence-corrected chi connectivity index (χ4v) is 7.32. The van der Waals surface area contributed by atoms with Crippen molar-refractivity contribution in [3.63, 3.8) is 0 Å². The molecule has 0 spiro atoms. The van der Waals surface area contributed by atoms with Crippen molar-refractivity contribution in [2.75, 3.05) is 13.1 Å². The van der Waals surface area contributed by atoms with Crippen LogP contribution < -0.4 is 0 Å². The lowest BCUT2D eigenvalue weighted by molar-refractivity contribution is 0.325. The summed E-state index contributed by atoms with van der Waals surface area (Å²) < 4.78 is 28.2. The van der Waals surface area contributed by atoms with Gasteiger partial charge >= 0.3 is 0 Å². The Hall–Kier alpha value is -1.96. The second-order valence-corrected chi connectivity index (χ2v) is 11.0. The maximum Gasteiger partial charge on any atom is 0.183 e. The van der Waals surface area contributed by atoms with Crippen LogP contribution in [0.25, 0.3) is 11.1 Å². The van der Waals surface area contributed by atoms with Crippen LogP contribution >= 0.6 is 11.3 Å². The molecule has 0 aliphatic carbocycles. The summed E-state index contributed by atoms with van der Waals surface area (Å²) >= 11 is 1.66. The highest BCUT2D eigenvalue weighted by atomic mass is 32.2. The molecule has 1 aromatic carbocycles. The van der Waals surface area contributed by atoms with Crippen molar-refractivity contribution >= 4 is 21.2 Å². The van der Waals surface area contributed by atoms with E-state index in [1.807, 2.05) is 23.0 Å². The van der Waals surface area contributed by atoms with Gasteiger partial charge in [0.15, 0.2) is 9.84 Å². The lowest BCUT2D eigenvalue weighted by Crippen LogP contribution is -2.25. The van der Waals surface area contributed by atoms with Crippen LogP contribution in [0.15, 0.2) is 52.3 Å². The Bertz CT molecular complexity index is 1120. The van der Waals surface area contributed by atoms with Crippen LogP contribution in [0.1, 0.15) is 36.9 Å². The Morgan fingerprint density at radius 3 is 2.79 bits per heavy atom. The largest absolute Gasteiger partial charge is 0.297 e. The molecule has 4 heterocycles. The van der Waals surface area contributed by atoms with Crippen LogP contribution in [0.3, 0.4) is 0 Å². The number of likely N-dealkylation sites (tertiary alicyclic amines) is 1. The molecule has 0 N–H and O–H groups in total. The first-order valence-corrected chi connectivity index (χ1v) is 12.1. The molecule has 0 saturated carbocycles. The number of benzene rings is 1. The molecule has 0 bridgehead atoms. The minimum atomic E-state index is -3.26. The third-order valence-corrected chi connectivity index (χ3v) is 8.84. The lowest BCUT2D eigenvalue weighted by Gasteiger charge is -2.16. The van der Waals surface area contributed by atoms with Crippen LogP contribution in [0.5, 0.6) is 0 Å². The smallest absolute Gasteiger partial charge is 0.183 e. The van der Waals surface area contributed by atoms with Crippen LogP contribution in [0.4, 0.5) is 0 Å². The van der Waals surface area contributed by atoms with E-state index in [9.17, 15) is 8.42 Å². The average Bonchev–Trinajstić information content (AvgIpc) is 3.43. The standard InChI is InChI=1S/C21H23N3O2S2/c1-14(2)24-10-15(8-22-24)9-23-11-19-18-7-16(17-5-6-27-13-17)3-4-20(18)28(25,26)21(19)12-23/h3-8,10,13-14,19,21H,9,11-12H2,1-2H3. The molecule has 2 aliphatic rings. The maximum atomic E-state index is 13.1.